The van der Waals surface area contributed by atoms with Gasteiger partial charge in [0.15, 0.2) is 0 Å². The third-order valence-electron chi connectivity index (χ3n) is 3.41. The van der Waals surface area contributed by atoms with E-state index in [9.17, 15) is 5.11 Å². The first-order valence-electron chi connectivity index (χ1n) is 6.82. The van der Waals surface area contributed by atoms with Gasteiger partial charge in [0.1, 0.15) is 0 Å². The zero-order valence-corrected chi connectivity index (χ0v) is 14.1. The monoisotopic (exact) mass is 325 g/mol. The number of nitrogens with one attached hydrogen (secondary N) is 1. The number of pyridine rings is 1. The van der Waals surface area contributed by atoms with Gasteiger partial charge < -0.3 is 0 Å². The van der Waals surface area contributed by atoms with E-state index in [4.69, 9.17) is 0 Å². The molecule has 2 heterocycles. The molecule has 19 heavy (non-hydrogen) atoms. The van der Waals surface area contributed by atoms with Gasteiger partial charge in [0.25, 0.3) is 0 Å². The van der Waals surface area contributed by atoms with E-state index >= 15 is 0 Å². The Kier molecular flexibility index (Phi) is 4.75. The SMILES string of the molecule is C[AsH][C@H]1CCN(c2ccnc(NCC(C)(C)O)c2)C1. The van der Waals surface area contributed by atoms with Gasteiger partial charge in [0.2, 0.25) is 0 Å². The zero-order valence-electron chi connectivity index (χ0n) is 12.0. The Morgan fingerprint density at radius 3 is 3.00 bits per heavy atom. The summed E-state index contributed by atoms with van der Waals surface area (Å²) in [5.41, 5.74) is 2.91. The van der Waals surface area contributed by atoms with Crippen LogP contribution in [0.1, 0.15) is 20.3 Å². The van der Waals surface area contributed by atoms with E-state index in [1.54, 1.807) is 13.8 Å². The van der Waals surface area contributed by atoms with Crippen LogP contribution in [0.25, 0.3) is 0 Å². The molecule has 1 aromatic heterocycles. The molecular weight excluding hydrogens is 301 g/mol. The van der Waals surface area contributed by atoms with E-state index in [0.29, 0.717) is 6.54 Å². The van der Waals surface area contributed by atoms with Crippen LogP contribution in [-0.4, -0.2) is 51.1 Å². The molecule has 0 bridgehead atoms. The molecular formula is C14H24AsN3O. The number of nitrogens with zero attached hydrogens (tertiary/aromatic N) is 2. The Morgan fingerprint density at radius 2 is 2.37 bits per heavy atom. The molecule has 1 aliphatic rings. The molecule has 1 fully saturated rings. The summed E-state index contributed by atoms with van der Waals surface area (Å²) in [7, 11) is 0. The fourth-order valence-electron chi connectivity index (χ4n) is 2.25. The van der Waals surface area contributed by atoms with Gasteiger partial charge in [-0.15, -0.1) is 0 Å². The number of aliphatic hydroxyl groups is 1. The molecule has 0 aromatic carbocycles. The average Bonchev–Trinajstić information content (AvgIpc) is 2.85. The Balaban J connectivity index is 1.99. The van der Waals surface area contributed by atoms with Crippen LogP contribution in [0.5, 0.6) is 0 Å². The van der Waals surface area contributed by atoms with Crippen molar-refractivity contribution in [1.82, 2.24) is 4.98 Å². The maximum absolute atomic E-state index is 9.73. The van der Waals surface area contributed by atoms with Gasteiger partial charge in [-0.05, 0) is 0 Å². The second-order valence-electron chi connectivity index (χ2n) is 5.79. The minimum atomic E-state index is -0.719. The van der Waals surface area contributed by atoms with E-state index in [1.165, 1.54) is 18.7 Å². The maximum atomic E-state index is 9.73. The third-order valence-corrected chi connectivity index (χ3v) is 6.11. The summed E-state index contributed by atoms with van der Waals surface area (Å²) in [6.07, 6.45) is 3.18. The van der Waals surface area contributed by atoms with Crippen molar-refractivity contribution in [2.24, 2.45) is 0 Å². The van der Waals surface area contributed by atoms with Crippen LogP contribution in [0, 0.1) is 0 Å². The van der Waals surface area contributed by atoms with Gasteiger partial charge in [-0.1, -0.05) is 0 Å². The number of hydrogen-bond acceptors (Lipinski definition) is 4. The number of hydrogen-bond donors (Lipinski definition) is 2. The summed E-state index contributed by atoms with van der Waals surface area (Å²) in [4.78, 5) is 6.76. The number of rotatable bonds is 5. The molecule has 106 valence electrons. The van der Waals surface area contributed by atoms with Gasteiger partial charge in [-0.3, -0.25) is 0 Å². The number of aromatic nitrogens is 1. The molecule has 0 radical (unpaired) electrons. The van der Waals surface area contributed by atoms with Crippen LogP contribution >= 0.6 is 0 Å². The van der Waals surface area contributed by atoms with Crippen molar-refractivity contribution in [3.05, 3.63) is 18.3 Å². The van der Waals surface area contributed by atoms with Crippen LogP contribution in [0.15, 0.2) is 18.3 Å². The van der Waals surface area contributed by atoms with Gasteiger partial charge in [0.05, 0.1) is 0 Å². The molecule has 0 spiro atoms. The van der Waals surface area contributed by atoms with Crippen molar-refractivity contribution >= 4 is 27.3 Å². The summed E-state index contributed by atoms with van der Waals surface area (Å²) < 4.78 is 0.945. The van der Waals surface area contributed by atoms with E-state index in [1.807, 2.05) is 6.20 Å². The third kappa shape index (κ3) is 4.39. The van der Waals surface area contributed by atoms with Crippen molar-refractivity contribution in [3.63, 3.8) is 0 Å². The molecule has 0 aliphatic carbocycles. The molecule has 1 saturated heterocycles. The summed E-state index contributed by atoms with van der Waals surface area (Å²) in [5.74, 6) is 0.843. The van der Waals surface area contributed by atoms with E-state index in [0.717, 1.165) is 17.1 Å². The standard InChI is InChI=1S/C14H24AsN3O/c1-14(2,19)10-17-13-8-12(4-6-16-13)18-7-5-11(9-18)15-3/h4,6,8,11,15,19H,5,7,9-10H2,1-3H3,(H,16,17)/t11-/m0/s1. The topological polar surface area (TPSA) is 48.4 Å². The molecule has 1 aromatic rings. The first-order chi connectivity index (χ1) is 8.98. The van der Waals surface area contributed by atoms with Crippen molar-refractivity contribution in [2.75, 3.05) is 29.9 Å². The van der Waals surface area contributed by atoms with Crippen molar-refractivity contribution < 1.29 is 5.11 Å². The Bertz CT molecular complexity index is 419. The molecule has 1 unspecified atom stereocenters. The van der Waals surface area contributed by atoms with E-state index in [2.05, 4.69) is 33.0 Å². The molecule has 2 atom stereocenters. The molecule has 1 aliphatic heterocycles. The minimum absolute atomic E-state index is 0.224. The van der Waals surface area contributed by atoms with Crippen LogP contribution < -0.4 is 10.2 Å². The molecule has 0 amide bonds. The normalized spacial score (nSPS) is 20.4. The van der Waals surface area contributed by atoms with Gasteiger partial charge in [-0.2, -0.15) is 0 Å². The summed E-state index contributed by atoms with van der Waals surface area (Å²) in [5, 5.41) is 12.9. The predicted octanol–water partition coefficient (Wildman–Crippen LogP) is 1.75. The first kappa shape index (κ1) is 14.7. The Morgan fingerprint density at radius 1 is 1.58 bits per heavy atom. The molecule has 4 nitrogen and oxygen atoms in total. The number of anilines is 2. The average molecular weight is 325 g/mol. The second kappa shape index (κ2) is 6.15. The quantitative estimate of drug-likeness (QED) is 0.810. The molecule has 2 N–H and O–H groups in total. The predicted molar refractivity (Wildman–Crippen MR) is 82.6 cm³/mol. The molecule has 2 rings (SSSR count). The van der Waals surface area contributed by atoms with Crippen molar-refractivity contribution in [1.29, 1.82) is 0 Å². The molecule has 0 saturated carbocycles. The van der Waals surface area contributed by atoms with Crippen LogP contribution in [0.2, 0.25) is 10.4 Å². The molecule has 5 heteroatoms. The fourth-order valence-corrected chi connectivity index (χ4v) is 3.97. The Hall–Kier alpha value is -0.732. The first-order valence-corrected chi connectivity index (χ1v) is 10.1. The van der Waals surface area contributed by atoms with Crippen LogP contribution in [-0.2, 0) is 0 Å². The van der Waals surface area contributed by atoms with Crippen LogP contribution in [0.4, 0.5) is 11.5 Å². The van der Waals surface area contributed by atoms with E-state index in [-0.39, 0.29) is 15.8 Å². The zero-order chi connectivity index (χ0) is 13.9. The van der Waals surface area contributed by atoms with E-state index < -0.39 is 5.60 Å². The second-order valence-corrected chi connectivity index (χ2v) is 8.71. The van der Waals surface area contributed by atoms with Gasteiger partial charge in [-0.25, -0.2) is 0 Å². The Labute approximate surface area is 122 Å². The summed E-state index contributed by atoms with van der Waals surface area (Å²) >= 11 is 0.224. The van der Waals surface area contributed by atoms with Gasteiger partial charge >= 0.3 is 122 Å². The van der Waals surface area contributed by atoms with Crippen LogP contribution in [0.3, 0.4) is 0 Å². The van der Waals surface area contributed by atoms with Crippen molar-refractivity contribution in [2.45, 2.75) is 36.3 Å². The van der Waals surface area contributed by atoms with Gasteiger partial charge in [0, 0.05) is 0 Å². The summed E-state index contributed by atoms with van der Waals surface area (Å²) in [6, 6.07) is 4.16. The summed E-state index contributed by atoms with van der Waals surface area (Å²) in [6.45, 7) is 6.45. The van der Waals surface area contributed by atoms with Crippen molar-refractivity contribution in [3.8, 4) is 0 Å². The fraction of sp³-hybridized carbons (Fsp3) is 0.643.